The van der Waals surface area contributed by atoms with Gasteiger partial charge in [0, 0.05) is 46.2 Å². The van der Waals surface area contributed by atoms with Crippen molar-refractivity contribution in [2.45, 2.75) is 12.5 Å². The van der Waals surface area contributed by atoms with Crippen LogP contribution in [-0.4, -0.2) is 48.6 Å². The summed E-state index contributed by atoms with van der Waals surface area (Å²) in [5.74, 6) is 1.67. The van der Waals surface area contributed by atoms with Crippen molar-refractivity contribution in [1.29, 1.82) is 0 Å². The summed E-state index contributed by atoms with van der Waals surface area (Å²) in [5, 5.41) is 8.91. The number of benzene rings is 1. The van der Waals surface area contributed by atoms with E-state index in [0.29, 0.717) is 28.6 Å². The van der Waals surface area contributed by atoms with Gasteiger partial charge in [0.05, 0.1) is 17.1 Å². The second kappa shape index (κ2) is 7.75. The molecule has 9 heteroatoms. The summed E-state index contributed by atoms with van der Waals surface area (Å²) in [6.45, 7) is 1.72. The Balaban J connectivity index is 1.51. The highest BCUT2D eigenvalue weighted by atomic mass is 32.2. The van der Waals surface area contributed by atoms with Gasteiger partial charge >= 0.3 is 0 Å². The van der Waals surface area contributed by atoms with E-state index in [1.165, 1.54) is 18.5 Å². The fourth-order valence-electron chi connectivity index (χ4n) is 4.18. The molecule has 6 rings (SSSR count). The van der Waals surface area contributed by atoms with E-state index in [2.05, 4.69) is 21.4 Å². The second-order valence-electron chi connectivity index (χ2n) is 8.04. The largest absolute Gasteiger partial charge is 0.438 e. The predicted octanol–water partition coefficient (Wildman–Crippen LogP) is 3.57. The number of rotatable bonds is 4. The number of nitrogens with one attached hydrogen (secondary N) is 1. The van der Waals surface area contributed by atoms with Crippen molar-refractivity contribution in [2.75, 3.05) is 24.6 Å². The zero-order chi connectivity index (χ0) is 21.7. The molecule has 5 heterocycles. The first-order valence-electron chi connectivity index (χ1n) is 10.5. The summed E-state index contributed by atoms with van der Waals surface area (Å²) < 4.78 is 33.1. The van der Waals surface area contributed by atoms with Crippen molar-refractivity contribution in [3.05, 3.63) is 60.5 Å². The summed E-state index contributed by atoms with van der Waals surface area (Å²) in [4.78, 5) is 8.92. The van der Waals surface area contributed by atoms with Gasteiger partial charge in [-0.1, -0.05) is 6.08 Å². The molecule has 1 fully saturated rings. The topological polar surface area (TPSA) is 85.8 Å². The highest BCUT2D eigenvalue weighted by Gasteiger charge is 2.30. The van der Waals surface area contributed by atoms with Crippen LogP contribution >= 0.6 is 0 Å². The molecule has 0 aliphatic carbocycles. The van der Waals surface area contributed by atoms with E-state index in [0.717, 1.165) is 47.4 Å². The Morgan fingerprint density at radius 2 is 2.00 bits per heavy atom. The zero-order valence-electron chi connectivity index (χ0n) is 17.1. The molecule has 0 saturated carbocycles. The number of fused-ring (bicyclic) bond motifs is 1. The van der Waals surface area contributed by atoms with Crippen molar-refractivity contribution in [3.8, 4) is 22.5 Å². The Bertz CT molecular complexity index is 1370. The van der Waals surface area contributed by atoms with Gasteiger partial charge in [-0.25, -0.2) is 14.4 Å². The van der Waals surface area contributed by atoms with Crippen LogP contribution in [0.2, 0.25) is 0 Å². The minimum absolute atomic E-state index is 0.0842. The lowest BCUT2D eigenvalue weighted by Crippen LogP contribution is -2.33. The molecule has 1 N–H and O–H groups in total. The molecule has 162 valence electrons. The highest BCUT2D eigenvalue weighted by molar-refractivity contribution is 7.86. The highest BCUT2D eigenvalue weighted by Crippen LogP contribution is 2.37. The minimum atomic E-state index is -0.796. The maximum Gasteiger partial charge on any atom is 0.230 e. The van der Waals surface area contributed by atoms with Crippen LogP contribution in [0.5, 0.6) is 0 Å². The van der Waals surface area contributed by atoms with Gasteiger partial charge in [-0.3, -0.25) is 8.89 Å². The predicted molar refractivity (Wildman–Crippen MR) is 121 cm³/mol. The van der Waals surface area contributed by atoms with Gasteiger partial charge in [-0.05, 0) is 48.9 Å². The van der Waals surface area contributed by atoms with Crippen molar-refractivity contribution < 1.29 is 13.0 Å². The van der Waals surface area contributed by atoms with Crippen molar-refractivity contribution in [2.24, 2.45) is 0 Å². The fourth-order valence-corrected chi connectivity index (χ4v) is 5.25. The zero-order valence-corrected chi connectivity index (χ0v) is 17.9. The van der Waals surface area contributed by atoms with Crippen molar-refractivity contribution in [3.63, 3.8) is 0 Å². The number of hydrogen-bond donors (Lipinski definition) is 1. The molecule has 7 nitrogen and oxygen atoms in total. The quantitative estimate of drug-likeness (QED) is 0.513. The first-order chi connectivity index (χ1) is 15.7. The van der Waals surface area contributed by atoms with E-state index >= 15 is 0 Å². The van der Waals surface area contributed by atoms with Crippen molar-refractivity contribution >= 4 is 27.5 Å². The molecule has 0 unspecified atom stereocenters. The van der Waals surface area contributed by atoms with Crippen LogP contribution < -0.4 is 5.32 Å². The number of aromatic nitrogens is 4. The van der Waals surface area contributed by atoms with Gasteiger partial charge in [-0.2, -0.15) is 5.10 Å². The lowest BCUT2D eigenvalue weighted by atomic mass is 10.0. The van der Waals surface area contributed by atoms with Gasteiger partial charge in [0.25, 0.3) is 0 Å². The van der Waals surface area contributed by atoms with Crippen LogP contribution in [0, 0.1) is 5.82 Å². The van der Waals surface area contributed by atoms with Crippen LogP contribution in [0.15, 0.2) is 53.3 Å². The first kappa shape index (κ1) is 19.5. The Morgan fingerprint density at radius 1 is 1.16 bits per heavy atom. The molecule has 0 atom stereocenters. The molecule has 32 heavy (non-hydrogen) atoms. The number of furan rings is 1. The Kier molecular flexibility index (Phi) is 4.73. The van der Waals surface area contributed by atoms with Crippen LogP contribution in [0.4, 0.5) is 4.39 Å². The standard InChI is InChI=1S/C23H20FN5O2S/c24-16-3-1-15(2-4-16)21-19(10-29(28-21)17-11-32(30)12-17)22-18-9-20(14-5-7-25-8-6-14)31-23(18)27-13-26-22/h1-5,9-10,13,17,25H,6-8,11-12H2. The molecule has 1 saturated heterocycles. The van der Waals surface area contributed by atoms with Gasteiger partial charge in [-0.15, -0.1) is 0 Å². The molecular formula is C23H20FN5O2S. The van der Waals surface area contributed by atoms with Gasteiger partial charge in [0.1, 0.15) is 23.6 Å². The Morgan fingerprint density at radius 3 is 2.75 bits per heavy atom. The monoisotopic (exact) mass is 449 g/mol. The molecule has 2 aliphatic heterocycles. The van der Waals surface area contributed by atoms with E-state index in [1.807, 2.05) is 16.9 Å². The molecule has 3 aromatic heterocycles. The average Bonchev–Trinajstić information content (AvgIpc) is 3.43. The van der Waals surface area contributed by atoms with Crippen LogP contribution in [0.3, 0.4) is 0 Å². The number of halogens is 1. The molecule has 4 aromatic rings. The van der Waals surface area contributed by atoms with Crippen molar-refractivity contribution in [1.82, 2.24) is 25.1 Å². The maximum absolute atomic E-state index is 13.6. The van der Waals surface area contributed by atoms with E-state index in [4.69, 9.17) is 9.52 Å². The summed E-state index contributed by atoms with van der Waals surface area (Å²) in [7, 11) is -0.796. The Labute approximate surface area is 185 Å². The van der Waals surface area contributed by atoms with E-state index < -0.39 is 10.8 Å². The van der Waals surface area contributed by atoms with Gasteiger partial charge in [0.2, 0.25) is 5.71 Å². The fraction of sp³-hybridized carbons (Fsp3) is 0.261. The summed E-state index contributed by atoms with van der Waals surface area (Å²) in [6.07, 6.45) is 6.46. The Hall–Kier alpha value is -3.17. The lowest BCUT2D eigenvalue weighted by molar-refractivity contribution is 0.507. The third-order valence-corrected chi connectivity index (χ3v) is 7.46. The smallest absolute Gasteiger partial charge is 0.230 e. The summed E-state index contributed by atoms with van der Waals surface area (Å²) in [5.41, 5.74) is 4.69. The van der Waals surface area contributed by atoms with Gasteiger partial charge in [0.15, 0.2) is 0 Å². The van der Waals surface area contributed by atoms with E-state index in [9.17, 15) is 8.60 Å². The van der Waals surface area contributed by atoms with Crippen LogP contribution in [0.25, 0.3) is 39.2 Å². The normalized spacial score (nSPS) is 20.8. The minimum Gasteiger partial charge on any atom is -0.438 e. The van der Waals surface area contributed by atoms with E-state index in [-0.39, 0.29) is 11.9 Å². The molecular weight excluding hydrogens is 429 g/mol. The number of nitrogens with zero attached hydrogens (tertiary/aromatic N) is 4. The van der Waals surface area contributed by atoms with E-state index in [1.54, 1.807) is 12.1 Å². The first-order valence-corrected chi connectivity index (χ1v) is 12.0. The third-order valence-electron chi connectivity index (χ3n) is 5.95. The average molecular weight is 450 g/mol. The summed E-state index contributed by atoms with van der Waals surface area (Å²) >= 11 is 0. The van der Waals surface area contributed by atoms with Gasteiger partial charge < -0.3 is 9.73 Å². The van der Waals surface area contributed by atoms with Crippen LogP contribution in [-0.2, 0) is 10.8 Å². The molecule has 2 aliphatic rings. The second-order valence-corrected chi connectivity index (χ2v) is 9.59. The third kappa shape index (κ3) is 3.37. The molecule has 0 bridgehead atoms. The lowest BCUT2D eigenvalue weighted by Gasteiger charge is -2.24. The number of hydrogen-bond acceptors (Lipinski definition) is 6. The van der Waals surface area contributed by atoms with Crippen LogP contribution in [0.1, 0.15) is 18.2 Å². The SMILES string of the molecule is O=S1CC(n2cc(-c3ncnc4oc(C5=CCNCC5)cc34)c(-c3ccc(F)cc3)n2)C1. The summed E-state index contributed by atoms with van der Waals surface area (Å²) in [6, 6.07) is 8.34. The molecule has 0 amide bonds. The molecule has 0 spiro atoms. The maximum atomic E-state index is 13.6. The molecule has 0 radical (unpaired) electrons. The molecule has 1 aromatic carbocycles.